The van der Waals surface area contributed by atoms with E-state index in [0.717, 1.165) is 0 Å². The SMILES string of the molecule is CC(C)CC(N)C(=O)O.NC(=O)CCC(N)C(=O)O.NC(CCC(=O)O)C(=O)O. The van der Waals surface area contributed by atoms with Gasteiger partial charge in [-0.3, -0.25) is 24.0 Å². The van der Waals surface area contributed by atoms with Gasteiger partial charge in [-0.15, -0.1) is 0 Å². The summed E-state index contributed by atoms with van der Waals surface area (Å²) in [6.45, 7) is 3.89. The van der Waals surface area contributed by atoms with Gasteiger partial charge in [0.25, 0.3) is 0 Å². The second-order valence-electron chi connectivity index (χ2n) is 6.40. The summed E-state index contributed by atoms with van der Waals surface area (Å²) in [5.74, 6) is -4.39. The third-order valence-electron chi connectivity index (χ3n) is 3.05. The number of carbonyl (C=O) groups is 5. The molecule has 3 atom stereocenters. The Balaban J connectivity index is -0.000000350. The third-order valence-corrected chi connectivity index (χ3v) is 3.05. The van der Waals surface area contributed by atoms with Crippen molar-refractivity contribution in [2.24, 2.45) is 28.9 Å². The Morgan fingerprint density at radius 1 is 0.690 bits per heavy atom. The van der Waals surface area contributed by atoms with E-state index in [1.54, 1.807) is 0 Å². The maximum Gasteiger partial charge on any atom is 0.320 e. The van der Waals surface area contributed by atoms with E-state index in [9.17, 15) is 24.0 Å². The Morgan fingerprint density at radius 2 is 1.03 bits per heavy atom. The molecule has 0 aromatic heterocycles. The third kappa shape index (κ3) is 25.2. The Kier molecular flexibility index (Phi) is 18.5. The van der Waals surface area contributed by atoms with Crippen LogP contribution in [-0.2, 0) is 24.0 Å². The maximum atomic E-state index is 10.1. The number of hydrogen-bond donors (Lipinski definition) is 8. The summed E-state index contributed by atoms with van der Waals surface area (Å²) < 4.78 is 0. The van der Waals surface area contributed by atoms with Crippen LogP contribution in [-0.4, -0.2) is 68.3 Å². The highest BCUT2D eigenvalue weighted by molar-refractivity contribution is 5.77. The van der Waals surface area contributed by atoms with Gasteiger partial charge in [0.2, 0.25) is 5.91 Å². The average molecular weight is 424 g/mol. The molecule has 0 rings (SSSR count). The number of carboxylic acid groups (broad SMARTS) is 4. The second kappa shape index (κ2) is 17.3. The van der Waals surface area contributed by atoms with Crippen LogP contribution in [0.1, 0.15) is 46.0 Å². The summed E-state index contributed by atoms with van der Waals surface area (Å²) in [7, 11) is 0. The number of amides is 1. The lowest BCUT2D eigenvalue weighted by molar-refractivity contribution is -0.141. The molecule has 0 bridgehead atoms. The molecule has 29 heavy (non-hydrogen) atoms. The Hall–Kier alpha value is -2.77. The molecule has 0 radical (unpaired) electrons. The van der Waals surface area contributed by atoms with Gasteiger partial charge in [0.15, 0.2) is 0 Å². The van der Waals surface area contributed by atoms with Gasteiger partial charge in [-0.05, 0) is 25.2 Å². The van der Waals surface area contributed by atoms with Crippen molar-refractivity contribution >= 4 is 29.8 Å². The molecule has 13 heteroatoms. The molecule has 170 valence electrons. The first-order chi connectivity index (χ1) is 13.1. The summed E-state index contributed by atoms with van der Waals surface area (Å²) >= 11 is 0. The van der Waals surface area contributed by atoms with Crippen molar-refractivity contribution in [3.8, 4) is 0 Å². The molecule has 13 nitrogen and oxygen atoms in total. The zero-order chi connectivity index (χ0) is 23.7. The highest BCUT2D eigenvalue weighted by Gasteiger charge is 2.13. The van der Waals surface area contributed by atoms with Gasteiger partial charge in [-0.2, -0.15) is 0 Å². The van der Waals surface area contributed by atoms with Gasteiger partial charge >= 0.3 is 23.9 Å². The molecule has 0 aliphatic carbocycles. The molecule has 12 N–H and O–H groups in total. The molecule has 0 fully saturated rings. The summed E-state index contributed by atoms with van der Waals surface area (Å²) in [5.41, 5.74) is 20.0. The van der Waals surface area contributed by atoms with Crippen molar-refractivity contribution in [1.82, 2.24) is 0 Å². The lowest BCUT2D eigenvalue weighted by atomic mass is 10.1. The number of rotatable bonds is 11. The van der Waals surface area contributed by atoms with Gasteiger partial charge < -0.3 is 43.4 Å². The molecule has 0 heterocycles. The molecule has 0 aliphatic rings. The van der Waals surface area contributed by atoms with Gasteiger partial charge in [-0.25, -0.2) is 0 Å². The molecular formula is C16H32N4O9. The van der Waals surface area contributed by atoms with Crippen LogP contribution in [0.3, 0.4) is 0 Å². The molecule has 0 saturated carbocycles. The lowest BCUT2D eigenvalue weighted by Crippen LogP contribution is -2.31. The summed E-state index contributed by atoms with van der Waals surface area (Å²) in [4.78, 5) is 50.1. The van der Waals surface area contributed by atoms with Gasteiger partial charge in [0.1, 0.15) is 18.1 Å². The topological polar surface area (TPSA) is 270 Å². The molecule has 3 unspecified atom stereocenters. The van der Waals surface area contributed by atoms with Crippen LogP contribution in [0.5, 0.6) is 0 Å². The molecule has 0 saturated heterocycles. The minimum atomic E-state index is -1.17. The lowest BCUT2D eigenvalue weighted by Gasteiger charge is -2.07. The second-order valence-corrected chi connectivity index (χ2v) is 6.40. The van der Waals surface area contributed by atoms with Crippen LogP contribution in [0.25, 0.3) is 0 Å². The fourth-order valence-electron chi connectivity index (χ4n) is 1.43. The van der Waals surface area contributed by atoms with Crippen LogP contribution in [0.15, 0.2) is 0 Å². The Labute approximate surface area is 168 Å². The van der Waals surface area contributed by atoms with E-state index in [0.29, 0.717) is 12.3 Å². The zero-order valence-corrected chi connectivity index (χ0v) is 16.5. The fraction of sp³-hybridized carbons (Fsp3) is 0.688. The number of carboxylic acids is 4. The quantitative estimate of drug-likeness (QED) is 0.186. The van der Waals surface area contributed by atoms with Crippen molar-refractivity contribution in [3.63, 3.8) is 0 Å². The number of nitrogens with two attached hydrogens (primary N) is 4. The highest BCUT2D eigenvalue weighted by Crippen LogP contribution is 2.01. The minimum absolute atomic E-state index is 0.0213. The first kappa shape index (κ1) is 30.9. The maximum absolute atomic E-state index is 10.1. The monoisotopic (exact) mass is 424 g/mol. The smallest absolute Gasteiger partial charge is 0.320 e. The van der Waals surface area contributed by atoms with Crippen molar-refractivity contribution in [3.05, 3.63) is 0 Å². The van der Waals surface area contributed by atoms with Gasteiger partial charge in [-0.1, -0.05) is 13.8 Å². The molecule has 1 amide bonds. The number of carbonyl (C=O) groups excluding carboxylic acids is 1. The van der Waals surface area contributed by atoms with Crippen molar-refractivity contribution in [2.45, 2.75) is 64.1 Å². The van der Waals surface area contributed by atoms with E-state index < -0.39 is 47.9 Å². The van der Waals surface area contributed by atoms with Crippen molar-refractivity contribution in [2.75, 3.05) is 0 Å². The molecular weight excluding hydrogens is 392 g/mol. The molecule has 0 spiro atoms. The van der Waals surface area contributed by atoms with E-state index in [-0.39, 0.29) is 25.7 Å². The highest BCUT2D eigenvalue weighted by atomic mass is 16.4. The number of aliphatic carboxylic acids is 4. The van der Waals surface area contributed by atoms with Crippen molar-refractivity contribution in [1.29, 1.82) is 0 Å². The van der Waals surface area contributed by atoms with E-state index >= 15 is 0 Å². The Bertz CT molecular complexity index is 506. The molecule has 0 aromatic carbocycles. The normalized spacial score (nSPS) is 12.9. The summed E-state index contributed by atoms with van der Waals surface area (Å²) in [6.07, 6.45) is 0.450. The van der Waals surface area contributed by atoms with Crippen LogP contribution in [0, 0.1) is 5.92 Å². The van der Waals surface area contributed by atoms with Gasteiger partial charge in [0.05, 0.1) is 0 Å². The Morgan fingerprint density at radius 3 is 1.24 bits per heavy atom. The number of hydrogen-bond acceptors (Lipinski definition) is 8. The van der Waals surface area contributed by atoms with E-state index in [2.05, 4.69) is 0 Å². The first-order valence-corrected chi connectivity index (χ1v) is 8.56. The van der Waals surface area contributed by atoms with Crippen molar-refractivity contribution < 1.29 is 44.4 Å². The number of primary amides is 1. The standard InChI is InChI=1S/C6H13NO2.C5H10N2O3.C5H9NO4/c1-4(2)3-5(7)6(8)9;2*6-3(5(9)10)1-2-4(7)8/h4-5H,3,7H2,1-2H3,(H,8,9);3H,1-2,6H2,(H2,7,8)(H,9,10);3H,1-2,6H2,(H,7,8)(H,9,10). The predicted molar refractivity (Wildman–Crippen MR) is 102 cm³/mol. The van der Waals surface area contributed by atoms with Crippen LogP contribution in [0.2, 0.25) is 0 Å². The zero-order valence-electron chi connectivity index (χ0n) is 16.5. The minimum Gasteiger partial charge on any atom is -0.481 e. The van der Waals surface area contributed by atoms with E-state index in [1.807, 2.05) is 13.8 Å². The average Bonchev–Trinajstić information content (AvgIpc) is 2.57. The fourth-order valence-corrected chi connectivity index (χ4v) is 1.43. The van der Waals surface area contributed by atoms with Crippen LogP contribution >= 0.6 is 0 Å². The predicted octanol–water partition coefficient (Wildman–Crippen LogP) is -1.63. The van der Waals surface area contributed by atoms with Crippen LogP contribution < -0.4 is 22.9 Å². The molecule has 0 aromatic rings. The van der Waals surface area contributed by atoms with Gasteiger partial charge in [0, 0.05) is 12.8 Å². The summed E-state index contributed by atoms with van der Waals surface area (Å²) in [5, 5.41) is 32.8. The van der Waals surface area contributed by atoms with E-state index in [4.69, 9.17) is 43.4 Å². The largest absolute Gasteiger partial charge is 0.481 e. The first-order valence-electron chi connectivity index (χ1n) is 8.56. The van der Waals surface area contributed by atoms with E-state index in [1.165, 1.54) is 0 Å². The summed E-state index contributed by atoms with van der Waals surface area (Å²) in [6, 6.07) is -2.73. The molecule has 0 aliphatic heterocycles. The van der Waals surface area contributed by atoms with Crippen LogP contribution in [0.4, 0.5) is 0 Å².